The van der Waals surface area contributed by atoms with Crippen LogP contribution in [0.1, 0.15) is 12.1 Å². The molecule has 0 atom stereocenters. The van der Waals surface area contributed by atoms with E-state index in [1.807, 2.05) is 29.8 Å². The Hall–Kier alpha value is -1.53. The molecule has 0 aliphatic carbocycles. The Morgan fingerprint density at radius 2 is 2.05 bits per heavy atom. The van der Waals surface area contributed by atoms with E-state index in [0.29, 0.717) is 19.8 Å². The van der Waals surface area contributed by atoms with Gasteiger partial charge in [0.25, 0.3) is 0 Å². The number of nitrogens with zero attached hydrogens (tertiary/aromatic N) is 2. The number of imidazole rings is 1. The molecule has 2 aromatic rings. The van der Waals surface area contributed by atoms with Gasteiger partial charge in [0.2, 0.25) is 0 Å². The molecule has 6 heteroatoms. The zero-order chi connectivity index (χ0) is 14.1. The van der Waals surface area contributed by atoms with Crippen molar-refractivity contribution in [3.05, 3.63) is 28.5 Å². The summed E-state index contributed by atoms with van der Waals surface area (Å²) in [6, 6.07) is 5.89. The van der Waals surface area contributed by atoms with E-state index in [2.05, 4.69) is 20.9 Å². The number of hydrogen-bond donors (Lipinski definition) is 1. The highest BCUT2D eigenvalue weighted by molar-refractivity contribution is 9.10. The maximum atomic E-state index is 5.72. The van der Waals surface area contributed by atoms with Gasteiger partial charge in [0.15, 0.2) is 11.5 Å². The van der Waals surface area contributed by atoms with Crippen LogP contribution in [0.3, 0.4) is 0 Å². The monoisotopic (exact) mass is 337 g/mol. The average Bonchev–Trinajstić information content (AvgIpc) is 2.66. The van der Waals surface area contributed by atoms with E-state index in [4.69, 9.17) is 15.2 Å². The number of ether oxygens (including phenoxy) is 2. The number of rotatable bonds is 2. The van der Waals surface area contributed by atoms with Crippen molar-refractivity contribution < 1.29 is 9.47 Å². The fourth-order valence-electron chi connectivity index (χ4n) is 2.23. The molecule has 1 aromatic heterocycles. The van der Waals surface area contributed by atoms with Crippen LogP contribution >= 0.6 is 15.9 Å². The summed E-state index contributed by atoms with van der Waals surface area (Å²) < 4.78 is 14.2. The van der Waals surface area contributed by atoms with Crippen molar-refractivity contribution in [1.29, 1.82) is 0 Å². The van der Waals surface area contributed by atoms with E-state index in [1.165, 1.54) is 0 Å². The lowest BCUT2D eigenvalue weighted by Gasteiger charge is -2.09. The number of hydrogen-bond acceptors (Lipinski definition) is 4. The van der Waals surface area contributed by atoms with Gasteiger partial charge in [-0.1, -0.05) is 0 Å². The molecule has 106 valence electrons. The van der Waals surface area contributed by atoms with E-state index >= 15 is 0 Å². The first-order valence-corrected chi connectivity index (χ1v) is 7.31. The molecule has 1 aromatic carbocycles. The smallest absolute Gasteiger partial charge is 0.161 e. The summed E-state index contributed by atoms with van der Waals surface area (Å²) in [5, 5.41) is 0. The highest BCUT2D eigenvalue weighted by Gasteiger charge is 2.16. The lowest BCUT2D eigenvalue weighted by atomic mass is 10.2. The lowest BCUT2D eigenvalue weighted by molar-refractivity contribution is 0.297. The van der Waals surface area contributed by atoms with Crippen molar-refractivity contribution in [3.8, 4) is 22.9 Å². The molecule has 2 heterocycles. The van der Waals surface area contributed by atoms with Crippen LogP contribution in [-0.4, -0.2) is 22.8 Å². The van der Waals surface area contributed by atoms with Gasteiger partial charge in [-0.3, -0.25) is 0 Å². The molecular formula is C14H16BrN3O2. The van der Waals surface area contributed by atoms with E-state index in [9.17, 15) is 0 Å². The van der Waals surface area contributed by atoms with Crippen LogP contribution in [0.15, 0.2) is 22.8 Å². The molecule has 0 fully saturated rings. The van der Waals surface area contributed by atoms with Crippen molar-refractivity contribution in [2.24, 2.45) is 12.8 Å². The SMILES string of the molecule is Cn1c(-c2ccc3c(c2)OCCCO3)nc(CN)c1Br. The molecule has 0 saturated heterocycles. The summed E-state index contributed by atoms with van der Waals surface area (Å²) >= 11 is 3.51. The molecule has 20 heavy (non-hydrogen) atoms. The third kappa shape index (κ3) is 2.29. The van der Waals surface area contributed by atoms with Crippen molar-refractivity contribution >= 4 is 15.9 Å². The van der Waals surface area contributed by atoms with Crippen LogP contribution in [0.4, 0.5) is 0 Å². The number of benzene rings is 1. The summed E-state index contributed by atoms with van der Waals surface area (Å²) in [5.41, 5.74) is 7.52. The second-order valence-electron chi connectivity index (χ2n) is 4.65. The minimum absolute atomic E-state index is 0.402. The van der Waals surface area contributed by atoms with Crippen LogP contribution in [0.2, 0.25) is 0 Å². The number of nitrogens with two attached hydrogens (primary N) is 1. The molecule has 2 N–H and O–H groups in total. The van der Waals surface area contributed by atoms with Gasteiger partial charge in [0, 0.05) is 25.6 Å². The van der Waals surface area contributed by atoms with Gasteiger partial charge in [0.05, 0.1) is 18.9 Å². The molecule has 0 spiro atoms. The minimum atomic E-state index is 0.402. The molecule has 0 unspecified atom stereocenters. The molecule has 1 aliphatic rings. The number of fused-ring (bicyclic) bond motifs is 1. The highest BCUT2D eigenvalue weighted by atomic mass is 79.9. The zero-order valence-corrected chi connectivity index (χ0v) is 12.8. The summed E-state index contributed by atoms with van der Waals surface area (Å²) in [6.45, 7) is 1.77. The molecule has 3 rings (SSSR count). The minimum Gasteiger partial charge on any atom is -0.490 e. The van der Waals surface area contributed by atoms with Gasteiger partial charge in [0.1, 0.15) is 10.4 Å². The van der Waals surface area contributed by atoms with E-state index < -0.39 is 0 Å². The number of halogens is 1. The van der Waals surface area contributed by atoms with Gasteiger partial charge in [-0.05, 0) is 34.1 Å². The molecule has 1 aliphatic heterocycles. The van der Waals surface area contributed by atoms with Crippen LogP contribution in [-0.2, 0) is 13.6 Å². The summed E-state index contributed by atoms with van der Waals surface area (Å²) in [6.07, 6.45) is 0.898. The lowest BCUT2D eigenvalue weighted by Crippen LogP contribution is -1.97. The predicted molar refractivity (Wildman–Crippen MR) is 79.8 cm³/mol. The topological polar surface area (TPSA) is 62.3 Å². The van der Waals surface area contributed by atoms with Crippen LogP contribution < -0.4 is 15.2 Å². The molecule has 0 radical (unpaired) electrons. The van der Waals surface area contributed by atoms with Crippen molar-refractivity contribution in [1.82, 2.24) is 9.55 Å². The van der Waals surface area contributed by atoms with E-state index in [-0.39, 0.29) is 0 Å². The zero-order valence-electron chi connectivity index (χ0n) is 11.2. The molecular weight excluding hydrogens is 322 g/mol. The highest BCUT2D eigenvalue weighted by Crippen LogP contribution is 2.34. The first-order valence-electron chi connectivity index (χ1n) is 6.52. The summed E-state index contributed by atoms with van der Waals surface area (Å²) in [5.74, 6) is 2.42. The molecule has 5 nitrogen and oxygen atoms in total. The van der Waals surface area contributed by atoms with Gasteiger partial charge in [-0.2, -0.15) is 0 Å². The predicted octanol–water partition coefficient (Wildman–Crippen LogP) is 2.47. The maximum absolute atomic E-state index is 5.72. The fraction of sp³-hybridized carbons (Fsp3) is 0.357. The van der Waals surface area contributed by atoms with Crippen LogP contribution in [0.25, 0.3) is 11.4 Å². The van der Waals surface area contributed by atoms with Crippen molar-refractivity contribution in [2.45, 2.75) is 13.0 Å². The van der Waals surface area contributed by atoms with E-state index in [1.54, 1.807) is 0 Å². The Kier molecular flexibility index (Phi) is 3.67. The Balaban J connectivity index is 2.04. The summed E-state index contributed by atoms with van der Waals surface area (Å²) in [7, 11) is 1.95. The number of aromatic nitrogens is 2. The standard InChI is InChI=1S/C14H16BrN3O2/c1-18-13(15)10(8-16)17-14(18)9-3-4-11-12(7-9)20-6-2-5-19-11/h3-4,7H,2,5-6,8,16H2,1H3. The second-order valence-corrected chi connectivity index (χ2v) is 5.40. The van der Waals surface area contributed by atoms with Crippen LogP contribution in [0.5, 0.6) is 11.5 Å². The van der Waals surface area contributed by atoms with Gasteiger partial charge in [-0.15, -0.1) is 0 Å². The van der Waals surface area contributed by atoms with Gasteiger partial charge in [-0.25, -0.2) is 4.98 Å². The Morgan fingerprint density at radius 1 is 1.30 bits per heavy atom. The van der Waals surface area contributed by atoms with Crippen molar-refractivity contribution in [2.75, 3.05) is 13.2 Å². The quantitative estimate of drug-likeness (QED) is 0.914. The van der Waals surface area contributed by atoms with Crippen LogP contribution in [0, 0.1) is 0 Å². The third-order valence-corrected chi connectivity index (χ3v) is 4.28. The van der Waals surface area contributed by atoms with E-state index in [0.717, 1.165) is 39.6 Å². The Labute approximate surface area is 125 Å². The largest absolute Gasteiger partial charge is 0.490 e. The average molecular weight is 338 g/mol. The first kappa shape index (κ1) is 13.5. The van der Waals surface area contributed by atoms with Crippen molar-refractivity contribution in [3.63, 3.8) is 0 Å². The maximum Gasteiger partial charge on any atom is 0.161 e. The Morgan fingerprint density at radius 3 is 2.75 bits per heavy atom. The first-order chi connectivity index (χ1) is 9.70. The molecule has 0 saturated carbocycles. The molecule has 0 bridgehead atoms. The second kappa shape index (κ2) is 5.46. The fourth-order valence-corrected chi connectivity index (χ4v) is 2.64. The van der Waals surface area contributed by atoms with Gasteiger partial charge < -0.3 is 19.8 Å². The molecule has 0 amide bonds. The summed E-state index contributed by atoms with van der Waals surface area (Å²) in [4.78, 5) is 4.57. The Bertz CT molecular complexity index is 640. The normalized spacial score (nSPS) is 14.2. The third-order valence-electron chi connectivity index (χ3n) is 3.29. The van der Waals surface area contributed by atoms with Gasteiger partial charge >= 0.3 is 0 Å².